The first-order valence-corrected chi connectivity index (χ1v) is 7.94. The lowest BCUT2D eigenvalue weighted by atomic mass is 10.0. The van der Waals surface area contributed by atoms with Gasteiger partial charge in [-0.25, -0.2) is 0 Å². The summed E-state index contributed by atoms with van der Waals surface area (Å²) in [5, 5.41) is 0.817. The zero-order chi connectivity index (χ0) is 14.7. The molecule has 0 aromatic heterocycles. The summed E-state index contributed by atoms with van der Waals surface area (Å²) >= 11 is 10.1. The Kier molecular flexibility index (Phi) is 5.11. The van der Waals surface area contributed by atoms with Crippen LogP contribution >= 0.6 is 27.5 Å². The zero-order valence-corrected chi connectivity index (χ0v) is 14.2. The summed E-state index contributed by atoms with van der Waals surface area (Å²) in [5.41, 5.74) is 3.34. The van der Waals surface area contributed by atoms with Gasteiger partial charge in [-0.1, -0.05) is 57.9 Å². The fourth-order valence-electron chi connectivity index (χ4n) is 2.03. The highest BCUT2D eigenvalue weighted by Crippen LogP contribution is 2.37. The van der Waals surface area contributed by atoms with Crippen molar-refractivity contribution in [2.75, 3.05) is 0 Å². The van der Waals surface area contributed by atoms with Crippen LogP contribution in [0, 0.1) is 6.92 Å². The lowest BCUT2D eigenvalue weighted by molar-refractivity contribution is 0.242. The molecule has 0 saturated carbocycles. The Labute approximate surface area is 134 Å². The van der Waals surface area contributed by atoms with Gasteiger partial charge in [0.1, 0.15) is 5.75 Å². The molecule has 0 spiro atoms. The van der Waals surface area contributed by atoms with Crippen LogP contribution in [-0.4, -0.2) is 6.10 Å². The number of halogens is 2. The maximum atomic E-state index is 6.38. The van der Waals surface area contributed by atoms with Crippen molar-refractivity contribution >= 4 is 27.5 Å². The minimum atomic E-state index is 0.0861. The van der Waals surface area contributed by atoms with Gasteiger partial charge in [-0.2, -0.15) is 0 Å². The Balaban J connectivity index is 2.25. The fourth-order valence-corrected chi connectivity index (χ4v) is 3.09. The van der Waals surface area contributed by atoms with Crippen molar-refractivity contribution in [2.24, 2.45) is 0 Å². The van der Waals surface area contributed by atoms with Crippen LogP contribution in [0.15, 0.2) is 42.5 Å². The largest absolute Gasteiger partial charge is 0.491 e. The van der Waals surface area contributed by atoms with E-state index in [1.54, 1.807) is 0 Å². The van der Waals surface area contributed by atoms with Crippen molar-refractivity contribution in [2.45, 2.75) is 31.7 Å². The van der Waals surface area contributed by atoms with E-state index in [1.165, 1.54) is 0 Å². The van der Waals surface area contributed by atoms with Crippen molar-refractivity contribution in [3.8, 4) is 5.75 Å². The summed E-state index contributed by atoms with van der Waals surface area (Å²) in [6.07, 6.45) is 0.187. The van der Waals surface area contributed by atoms with Crippen LogP contribution < -0.4 is 4.74 Å². The molecule has 0 N–H and O–H groups in total. The van der Waals surface area contributed by atoms with Gasteiger partial charge in [0.25, 0.3) is 0 Å². The number of benzene rings is 2. The number of rotatable bonds is 4. The first kappa shape index (κ1) is 15.4. The molecule has 2 rings (SSSR count). The Hall–Kier alpha value is -0.990. The molecule has 1 nitrogen and oxygen atoms in total. The average Bonchev–Trinajstić information content (AvgIpc) is 2.41. The van der Waals surface area contributed by atoms with Crippen LogP contribution in [0.3, 0.4) is 0 Å². The highest BCUT2D eigenvalue weighted by Gasteiger charge is 2.14. The Morgan fingerprint density at radius 3 is 2.30 bits per heavy atom. The molecule has 1 unspecified atom stereocenters. The van der Waals surface area contributed by atoms with Gasteiger partial charge in [-0.15, -0.1) is 0 Å². The molecular formula is C17H18BrClO. The molecule has 0 heterocycles. The predicted octanol–water partition coefficient (Wildman–Crippen LogP) is 5.92. The molecule has 0 bridgehead atoms. The Bertz CT molecular complexity index is 578. The minimum absolute atomic E-state index is 0.0861. The van der Waals surface area contributed by atoms with Crippen molar-refractivity contribution in [3.05, 3.63) is 64.2 Å². The van der Waals surface area contributed by atoms with E-state index in [2.05, 4.69) is 28.1 Å². The first-order chi connectivity index (χ1) is 9.49. The van der Waals surface area contributed by atoms with Crippen LogP contribution in [0.5, 0.6) is 5.75 Å². The van der Waals surface area contributed by atoms with Gasteiger partial charge >= 0.3 is 0 Å². The maximum Gasteiger partial charge on any atom is 0.119 e. The summed E-state index contributed by atoms with van der Waals surface area (Å²) in [6.45, 7) is 6.06. The Morgan fingerprint density at radius 2 is 1.70 bits per heavy atom. The fraction of sp³-hybridized carbons (Fsp3) is 0.294. The third kappa shape index (κ3) is 3.56. The minimum Gasteiger partial charge on any atom is -0.491 e. The third-order valence-electron chi connectivity index (χ3n) is 3.04. The van der Waals surface area contributed by atoms with E-state index in [9.17, 15) is 0 Å². The molecule has 0 radical (unpaired) electrons. The lowest BCUT2D eigenvalue weighted by Crippen LogP contribution is -2.05. The van der Waals surface area contributed by atoms with Crippen LogP contribution in [0.4, 0.5) is 0 Å². The second-order valence-corrected chi connectivity index (χ2v) is 6.37. The smallest absolute Gasteiger partial charge is 0.119 e. The van der Waals surface area contributed by atoms with Gasteiger partial charge in [-0.3, -0.25) is 0 Å². The number of ether oxygens (including phenoxy) is 1. The molecule has 0 saturated heterocycles. The van der Waals surface area contributed by atoms with Crippen molar-refractivity contribution < 1.29 is 4.74 Å². The number of hydrogen-bond acceptors (Lipinski definition) is 1. The highest BCUT2D eigenvalue weighted by atomic mass is 79.9. The molecule has 106 valence electrons. The Morgan fingerprint density at radius 1 is 1.05 bits per heavy atom. The van der Waals surface area contributed by atoms with Crippen molar-refractivity contribution in [3.63, 3.8) is 0 Å². The molecule has 0 amide bonds. The van der Waals surface area contributed by atoms with E-state index in [0.717, 1.165) is 27.5 Å². The van der Waals surface area contributed by atoms with Crippen LogP contribution in [0.25, 0.3) is 0 Å². The van der Waals surface area contributed by atoms with E-state index in [0.29, 0.717) is 0 Å². The topological polar surface area (TPSA) is 9.23 Å². The van der Waals surface area contributed by atoms with Gasteiger partial charge in [0, 0.05) is 5.02 Å². The molecule has 0 aliphatic carbocycles. The SMILES string of the molecule is Cc1cccc(C(Br)c2ccc(OC(C)C)cc2)c1Cl. The van der Waals surface area contributed by atoms with E-state index in [-0.39, 0.29) is 10.9 Å². The quantitative estimate of drug-likeness (QED) is 0.620. The van der Waals surface area contributed by atoms with Gasteiger partial charge in [0.2, 0.25) is 0 Å². The van der Waals surface area contributed by atoms with Crippen molar-refractivity contribution in [1.82, 2.24) is 0 Å². The third-order valence-corrected chi connectivity index (χ3v) is 4.58. The molecule has 2 aromatic carbocycles. The maximum absolute atomic E-state index is 6.38. The van der Waals surface area contributed by atoms with Gasteiger partial charge < -0.3 is 4.74 Å². The van der Waals surface area contributed by atoms with Gasteiger partial charge in [0.15, 0.2) is 0 Å². The van der Waals surface area contributed by atoms with Gasteiger partial charge in [-0.05, 0) is 49.6 Å². The average molecular weight is 354 g/mol. The van der Waals surface area contributed by atoms with Crippen LogP contribution in [0.2, 0.25) is 5.02 Å². The predicted molar refractivity (Wildman–Crippen MR) is 89.2 cm³/mol. The van der Waals surface area contributed by atoms with Crippen LogP contribution in [0.1, 0.15) is 35.4 Å². The molecular weight excluding hydrogens is 336 g/mol. The molecule has 1 atom stereocenters. The number of alkyl halides is 1. The van der Waals surface area contributed by atoms with E-state index >= 15 is 0 Å². The molecule has 0 fully saturated rings. The lowest BCUT2D eigenvalue weighted by Gasteiger charge is -2.15. The summed E-state index contributed by atoms with van der Waals surface area (Å²) in [5.74, 6) is 0.888. The molecule has 2 aromatic rings. The highest BCUT2D eigenvalue weighted by molar-refractivity contribution is 9.09. The van der Waals surface area contributed by atoms with E-state index in [1.807, 2.05) is 51.1 Å². The van der Waals surface area contributed by atoms with E-state index in [4.69, 9.17) is 16.3 Å². The van der Waals surface area contributed by atoms with E-state index < -0.39 is 0 Å². The van der Waals surface area contributed by atoms with Crippen molar-refractivity contribution in [1.29, 1.82) is 0 Å². The second kappa shape index (κ2) is 6.64. The number of aryl methyl sites for hydroxylation is 1. The monoisotopic (exact) mass is 352 g/mol. The summed E-state index contributed by atoms with van der Waals surface area (Å²) < 4.78 is 5.66. The zero-order valence-electron chi connectivity index (χ0n) is 11.9. The van der Waals surface area contributed by atoms with Gasteiger partial charge in [0.05, 0.1) is 10.9 Å². The summed E-state index contributed by atoms with van der Waals surface area (Å²) in [7, 11) is 0. The molecule has 3 heteroatoms. The normalized spacial score (nSPS) is 12.5. The number of hydrogen-bond donors (Lipinski definition) is 0. The molecule has 0 aliphatic heterocycles. The molecule has 20 heavy (non-hydrogen) atoms. The second-order valence-electron chi connectivity index (χ2n) is 5.08. The summed E-state index contributed by atoms with van der Waals surface area (Å²) in [4.78, 5) is 0.0861. The standard InChI is InChI=1S/C17H18BrClO/c1-11(2)20-14-9-7-13(8-10-14)16(18)15-6-4-5-12(3)17(15)19/h4-11,16H,1-3H3. The first-order valence-electron chi connectivity index (χ1n) is 6.64. The van der Waals surface area contributed by atoms with Crippen LogP contribution in [-0.2, 0) is 0 Å². The summed E-state index contributed by atoms with van der Waals surface area (Å²) in [6, 6.07) is 14.2. The molecule has 0 aliphatic rings.